The van der Waals surface area contributed by atoms with Crippen molar-refractivity contribution in [2.24, 2.45) is 0 Å². The molecule has 5 rings (SSSR count). The van der Waals surface area contributed by atoms with Crippen LogP contribution in [-0.4, -0.2) is 112 Å². The van der Waals surface area contributed by atoms with Gasteiger partial charge in [-0.05, 0) is 47.5 Å². The van der Waals surface area contributed by atoms with E-state index in [9.17, 15) is 19.2 Å². The third kappa shape index (κ3) is 14.2. The summed E-state index contributed by atoms with van der Waals surface area (Å²) in [6.07, 6.45) is 6.02. The second-order valence-electron chi connectivity index (χ2n) is 11.5. The van der Waals surface area contributed by atoms with E-state index in [2.05, 4.69) is 68.3 Å². The number of carboxylic acids is 4. The molecule has 0 saturated carbocycles. The Kier molecular flexibility index (Phi) is 16.8. The predicted octanol–water partition coefficient (Wildman–Crippen LogP) is 4.58. The van der Waals surface area contributed by atoms with Gasteiger partial charge in [-0.3, -0.25) is 19.8 Å². The highest BCUT2D eigenvalue weighted by molar-refractivity contribution is 5.90. The van der Waals surface area contributed by atoms with Gasteiger partial charge in [0.25, 0.3) is 0 Å². The van der Waals surface area contributed by atoms with Crippen LogP contribution in [0.4, 0.5) is 0 Å². The average Bonchev–Trinajstić information content (AvgIpc) is 3.17. The number of piperazine rings is 1. The van der Waals surface area contributed by atoms with Gasteiger partial charge in [0.1, 0.15) is 0 Å². The van der Waals surface area contributed by atoms with Crippen molar-refractivity contribution >= 4 is 23.9 Å². The normalized spacial score (nSPS) is 12.9. The van der Waals surface area contributed by atoms with Gasteiger partial charge in [0.05, 0.1) is 32.7 Å². The number of nitrogens with zero attached hydrogens (tertiary/aromatic N) is 4. The molecule has 1 saturated heterocycles. The van der Waals surface area contributed by atoms with Crippen LogP contribution >= 0.6 is 0 Å². The predicted molar refractivity (Wildman–Crippen MR) is 198 cm³/mol. The van der Waals surface area contributed by atoms with Crippen molar-refractivity contribution in [2.75, 3.05) is 47.5 Å². The molecule has 2 aromatic carbocycles. The molecule has 54 heavy (non-hydrogen) atoms. The van der Waals surface area contributed by atoms with Gasteiger partial charge in [-0.1, -0.05) is 30.3 Å². The van der Waals surface area contributed by atoms with Crippen LogP contribution in [0, 0.1) is 0 Å². The summed E-state index contributed by atoms with van der Waals surface area (Å²) in [7, 11) is 4.86. The van der Waals surface area contributed by atoms with E-state index in [0.717, 1.165) is 61.8 Å². The molecule has 0 amide bonds. The maximum absolute atomic E-state index is 9.55. The van der Waals surface area contributed by atoms with Gasteiger partial charge >= 0.3 is 23.9 Å². The number of aliphatic carboxylic acids is 4. The minimum Gasteiger partial charge on any atom is -0.493 e. The van der Waals surface area contributed by atoms with Crippen LogP contribution in [0.1, 0.15) is 11.1 Å². The first kappa shape index (κ1) is 41.8. The Hall–Kier alpha value is -6.58. The molecule has 284 valence electrons. The molecule has 0 atom stereocenters. The van der Waals surface area contributed by atoms with Crippen molar-refractivity contribution in [2.45, 2.75) is 13.1 Å². The highest BCUT2D eigenvalue weighted by atomic mass is 16.5. The zero-order chi connectivity index (χ0) is 39.5. The third-order valence-electron chi connectivity index (χ3n) is 7.69. The van der Waals surface area contributed by atoms with Crippen molar-refractivity contribution in [1.82, 2.24) is 19.8 Å². The summed E-state index contributed by atoms with van der Waals surface area (Å²) in [6, 6.07) is 22.8. The average molecular weight is 743 g/mol. The molecular formula is C39H42N4O11. The lowest BCUT2D eigenvalue weighted by Crippen LogP contribution is -2.45. The van der Waals surface area contributed by atoms with Crippen LogP contribution in [-0.2, 0) is 32.3 Å². The number of carbonyl (C=O) groups is 4. The molecule has 3 heterocycles. The highest BCUT2D eigenvalue weighted by Crippen LogP contribution is 2.40. The quantitative estimate of drug-likeness (QED) is 0.138. The van der Waals surface area contributed by atoms with Crippen LogP contribution in [0.25, 0.3) is 22.5 Å². The third-order valence-corrected chi connectivity index (χ3v) is 7.69. The fourth-order valence-electron chi connectivity index (χ4n) is 5.21. The van der Waals surface area contributed by atoms with Gasteiger partial charge in [-0.25, -0.2) is 19.2 Å². The number of ether oxygens (including phenoxy) is 3. The monoisotopic (exact) mass is 742 g/mol. The fourth-order valence-corrected chi connectivity index (χ4v) is 5.21. The Morgan fingerprint density at radius 1 is 0.574 bits per heavy atom. The first-order valence-electron chi connectivity index (χ1n) is 16.4. The van der Waals surface area contributed by atoms with Crippen LogP contribution < -0.4 is 14.2 Å². The Balaban J connectivity index is 0.000000410. The van der Waals surface area contributed by atoms with Crippen LogP contribution in [0.5, 0.6) is 17.2 Å². The van der Waals surface area contributed by atoms with E-state index in [4.69, 9.17) is 34.6 Å². The fraction of sp³-hybridized carbons (Fsp3) is 0.231. The Morgan fingerprint density at radius 2 is 0.963 bits per heavy atom. The Morgan fingerprint density at radius 3 is 1.31 bits per heavy atom. The molecule has 0 unspecified atom stereocenters. The molecule has 4 N–H and O–H groups in total. The number of rotatable bonds is 13. The Labute approximate surface area is 312 Å². The lowest BCUT2D eigenvalue weighted by Gasteiger charge is -2.34. The largest absolute Gasteiger partial charge is 0.493 e. The minimum atomic E-state index is -1.26. The number of aromatic nitrogens is 2. The van der Waals surface area contributed by atoms with Crippen molar-refractivity contribution in [1.29, 1.82) is 0 Å². The zero-order valence-corrected chi connectivity index (χ0v) is 30.0. The lowest BCUT2D eigenvalue weighted by molar-refractivity contribution is -0.134. The molecule has 15 nitrogen and oxygen atoms in total. The molecular weight excluding hydrogens is 700 g/mol. The maximum atomic E-state index is 9.55. The molecule has 0 radical (unpaired) electrons. The lowest BCUT2D eigenvalue weighted by atomic mass is 10.1. The molecule has 0 spiro atoms. The van der Waals surface area contributed by atoms with E-state index in [1.54, 1.807) is 21.3 Å². The number of carboxylic acid groups (broad SMARTS) is 4. The summed E-state index contributed by atoms with van der Waals surface area (Å²) < 4.78 is 16.5. The topological polar surface area (TPSA) is 209 Å². The van der Waals surface area contributed by atoms with Crippen LogP contribution in [0.2, 0.25) is 0 Å². The second-order valence-corrected chi connectivity index (χ2v) is 11.5. The van der Waals surface area contributed by atoms with E-state index >= 15 is 0 Å². The maximum Gasteiger partial charge on any atom is 0.328 e. The van der Waals surface area contributed by atoms with Crippen molar-refractivity contribution < 1.29 is 53.8 Å². The van der Waals surface area contributed by atoms with E-state index in [0.29, 0.717) is 41.6 Å². The smallest absolute Gasteiger partial charge is 0.328 e. The molecule has 0 bridgehead atoms. The first-order chi connectivity index (χ1) is 25.9. The van der Waals surface area contributed by atoms with Crippen molar-refractivity contribution in [3.05, 3.63) is 115 Å². The Bertz CT molecular complexity index is 1830. The number of pyridine rings is 2. The second kappa shape index (κ2) is 21.7. The van der Waals surface area contributed by atoms with E-state index in [1.165, 1.54) is 11.1 Å². The van der Waals surface area contributed by atoms with E-state index < -0.39 is 23.9 Å². The van der Waals surface area contributed by atoms with Gasteiger partial charge in [0.15, 0.2) is 11.5 Å². The van der Waals surface area contributed by atoms with Crippen molar-refractivity contribution in [3.8, 4) is 39.8 Å². The van der Waals surface area contributed by atoms with Crippen LogP contribution in [0.3, 0.4) is 0 Å². The first-order valence-corrected chi connectivity index (χ1v) is 16.4. The SMILES string of the molecule is COc1cc(-c2cc(CN3CCN(Cc4ccnc(-c5ccccc5)c4)CC3)ccn2)cc(OC)c1OC.O=C(O)C=CC(=O)O.O=C(O)C=CC(=O)O. The molecule has 4 aromatic rings. The number of hydrogen-bond donors (Lipinski definition) is 4. The number of hydrogen-bond acceptors (Lipinski definition) is 11. The minimum absolute atomic E-state index is 0.558. The standard InChI is InChI=1S/C31H34N4O3.2C4H4O4/c1-36-29-19-26(20-30(37-2)31(29)38-3)28-18-24(10-12-33-28)22-35-15-13-34(14-16-35)21-23-9-11-32-27(17-23)25-7-5-4-6-8-25;2*5-3(6)1-2-4(7)8/h4-12,17-20H,13-16,21-22H2,1-3H3;2*1-2H,(H,5,6)(H,7,8). The van der Waals surface area contributed by atoms with Gasteiger partial charge in [0, 0.05) is 87.1 Å². The number of benzene rings is 2. The molecule has 1 aliphatic rings. The summed E-state index contributed by atoms with van der Waals surface area (Å²) in [6.45, 7) is 5.95. The van der Waals surface area contributed by atoms with Gasteiger partial charge in [-0.15, -0.1) is 0 Å². The molecule has 1 aliphatic heterocycles. The molecule has 2 aromatic heterocycles. The zero-order valence-electron chi connectivity index (χ0n) is 30.0. The van der Waals surface area contributed by atoms with Crippen molar-refractivity contribution in [3.63, 3.8) is 0 Å². The van der Waals surface area contributed by atoms with Gasteiger partial charge < -0.3 is 34.6 Å². The number of methoxy groups -OCH3 is 3. The van der Waals surface area contributed by atoms with Crippen LogP contribution in [0.15, 0.2) is 103 Å². The summed E-state index contributed by atoms with van der Waals surface area (Å²) in [5.74, 6) is -3.21. The van der Waals surface area contributed by atoms with E-state index in [1.807, 2.05) is 30.6 Å². The summed E-state index contributed by atoms with van der Waals surface area (Å²) in [5, 5.41) is 31.2. The summed E-state index contributed by atoms with van der Waals surface area (Å²) >= 11 is 0. The van der Waals surface area contributed by atoms with E-state index in [-0.39, 0.29) is 0 Å². The molecule has 1 fully saturated rings. The van der Waals surface area contributed by atoms with Gasteiger partial charge in [0.2, 0.25) is 5.75 Å². The van der Waals surface area contributed by atoms with Gasteiger partial charge in [-0.2, -0.15) is 0 Å². The highest BCUT2D eigenvalue weighted by Gasteiger charge is 2.19. The summed E-state index contributed by atoms with van der Waals surface area (Å²) in [5.41, 5.74) is 6.53. The summed E-state index contributed by atoms with van der Waals surface area (Å²) in [4.78, 5) is 52.4. The molecule has 15 heteroatoms. The molecule has 0 aliphatic carbocycles.